The average molecular weight is 355 g/mol. The molecule has 0 saturated carbocycles. The average Bonchev–Trinajstić information content (AvgIpc) is 2.59. The van der Waals surface area contributed by atoms with Crippen LogP contribution in [0.25, 0.3) is 0 Å². The van der Waals surface area contributed by atoms with Crippen LogP contribution in [-0.4, -0.2) is 30.1 Å². The van der Waals surface area contributed by atoms with Crippen LogP contribution in [0.1, 0.15) is 33.3 Å². The minimum atomic E-state index is -0.231. The number of amides is 2. The summed E-state index contributed by atoms with van der Waals surface area (Å²) in [6.07, 6.45) is 1.64. The van der Waals surface area contributed by atoms with E-state index in [1.807, 2.05) is 26.0 Å². The molecule has 0 unspecified atom stereocenters. The third-order valence-electron chi connectivity index (χ3n) is 4.04. The smallest absolute Gasteiger partial charge is 0.319 e. The topological polar surface area (TPSA) is 69.3 Å². The molecule has 3 N–H and O–H groups in total. The molecule has 26 heavy (non-hydrogen) atoms. The molecular formula is C20H29N5O. The molecule has 2 aromatic rings. The molecule has 140 valence electrons. The minimum absolute atomic E-state index is 0.0891. The van der Waals surface area contributed by atoms with Crippen molar-refractivity contribution in [2.45, 2.75) is 40.7 Å². The lowest BCUT2D eigenvalue weighted by molar-refractivity contribution is 0.250. The van der Waals surface area contributed by atoms with Crippen molar-refractivity contribution < 1.29 is 4.79 Å². The van der Waals surface area contributed by atoms with Crippen LogP contribution < -0.4 is 20.9 Å². The molecule has 6 heteroatoms. The number of carbonyl (C=O) groups excluding carboxylic acids is 1. The number of aryl methyl sites for hydroxylation is 1. The van der Waals surface area contributed by atoms with E-state index in [1.54, 1.807) is 6.20 Å². The second-order valence-corrected chi connectivity index (χ2v) is 6.48. The zero-order valence-electron chi connectivity index (χ0n) is 16.3. The predicted molar refractivity (Wildman–Crippen MR) is 110 cm³/mol. The number of hydrogen-bond donors (Lipinski definition) is 3. The largest absolute Gasteiger partial charge is 0.372 e. The van der Waals surface area contributed by atoms with Crippen LogP contribution in [0.15, 0.2) is 36.5 Å². The third-order valence-corrected chi connectivity index (χ3v) is 4.04. The Balaban J connectivity index is 2.03. The van der Waals surface area contributed by atoms with E-state index in [2.05, 4.69) is 64.8 Å². The highest BCUT2D eigenvalue weighted by atomic mass is 16.2. The molecule has 1 aromatic heterocycles. The summed E-state index contributed by atoms with van der Waals surface area (Å²) in [6, 6.07) is 9.91. The van der Waals surface area contributed by atoms with Gasteiger partial charge in [-0.2, -0.15) is 0 Å². The lowest BCUT2D eigenvalue weighted by Crippen LogP contribution is -2.34. The molecule has 0 aliphatic carbocycles. The summed E-state index contributed by atoms with van der Waals surface area (Å²) in [4.78, 5) is 18.4. The Hall–Kier alpha value is -2.76. The number of urea groups is 1. The van der Waals surface area contributed by atoms with Crippen molar-refractivity contribution in [1.29, 1.82) is 0 Å². The van der Waals surface area contributed by atoms with Crippen molar-refractivity contribution in [3.63, 3.8) is 0 Å². The standard InChI is InChI=1S/C20H29N5O/c1-6-25(7-2)17-9-10-18(15(5)12-17)24-19-11-8-16(13-21-19)23-20(26)22-14(3)4/h8-14H,6-7H2,1-5H3,(H,21,24)(H2,22,23,26). The maximum absolute atomic E-state index is 11.7. The van der Waals surface area contributed by atoms with E-state index in [9.17, 15) is 4.79 Å². The first kappa shape index (κ1) is 19.6. The maximum atomic E-state index is 11.7. The van der Waals surface area contributed by atoms with Gasteiger partial charge in [0.2, 0.25) is 0 Å². The molecule has 1 heterocycles. The van der Waals surface area contributed by atoms with E-state index in [1.165, 1.54) is 5.69 Å². The molecule has 0 aliphatic heterocycles. The molecule has 2 amide bonds. The second-order valence-electron chi connectivity index (χ2n) is 6.48. The van der Waals surface area contributed by atoms with E-state index < -0.39 is 0 Å². The van der Waals surface area contributed by atoms with Crippen LogP contribution in [0, 0.1) is 6.92 Å². The van der Waals surface area contributed by atoms with Crippen molar-refractivity contribution in [3.8, 4) is 0 Å². The van der Waals surface area contributed by atoms with Crippen LogP contribution >= 0.6 is 0 Å². The summed E-state index contributed by atoms with van der Waals surface area (Å²) in [5.74, 6) is 0.735. The fourth-order valence-electron chi connectivity index (χ4n) is 2.68. The second kappa shape index (κ2) is 9.08. The first-order valence-electron chi connectivity index (χ1n) is 9.09. The van der Waals surface area contributed by atoms with Gasteiger partial charge in [-0.05, 0) is 70.5 Å². The van der Waals surface area contributed by atoms with E-state index in [0.29, 0.717) is 5.69 Å². The summed E-state index contributed by atoms with van der Waals surface area (Å²) < 4.78 is 0. The molecule has 2 rings (SSSR count). The Labute approximate surface area is 156 Å². The first-order valence-corrected chi connectivity index (χ1v) is 9.09. The van der Waals surface area contributed by atoms with E-state index in [4.69, 9.17) is 0 Å². The number of aromatic nitrogens is 1. The maximum Gasteiger partial charge on any atom is 0.319 e. The number of anilines is 4. The van der Waals surface area contributed by atoms with Gasteiger partial charge in [0, 0.05) is 30.5 Å². The Morgan fingerprint density at radius 2 is 1.88 bits per heavy atom. The lowest BCUT2D eigenvalue weighted by Gasteiger charge is -2.22. The summed E-state index contributed by atoms with van der Waals surface area (Å²) in [6.45, 7) is 12.2. The van der Waals surface area contributed by atoms with Crippen molar-refractivity contribution in [2.24, 2.45) is 0 Å². The highest BCUT2D eigenvalue weighted by molar-refractivity contribution is 5.89. The quantitative estimate of drug-likeness (QED) is 0.683. The molecule has 0 bridgehead atoms. The molecular weight excluding hydrogens is 326 g/mol. The van der Waals surface area contributed by atoms with E-state index in [0.717, 1.165) is 30.2 Å². The first-order chi connectivity index (χ1) is 12.4. The predicted octanol–water partition coefficient (Wildman–Crippen LogP) is 4.51. The zero-order valence-corrected chi connectivity index (χ0v) is 16.3. The van der Waals surface area contributed by atoms with Crippen LogP contribution in [0.3, 0.4) is 0 Å². The number of nitrogens with zero attached hydrogens (tertiary/aromatic N) is 2. The van der Waals surface area contributed by atoms with Crippen molar-refractivity contribution >= 4 is 28.9 Å². The highest BCUT2D eigenvalue weighted by Gasteiger charge is 2.07. The normalized spacial score (nSPS) is 10.5. The monoisotopic (exact) mass is 355 g/mol. The third kappa shape index (κ3) is 5.37. The highest BCUT2D eigenvalue weighted by Crippen LogP contribution is 2.25. The van der Waals surface area contributed by atoms with Crippen LogP contribution in [0.2, 0.25) is 0 Å². The summed E-state index contributed by atoms with van der Waals surface area (Å²) in [5.41, 5.74) is 4.06. The SMILES string of the molecule is CCN(CC)c1ccc(Nc2ccc(NC(=O)NC(C)C)cn2)c(C)c1. The van der Waals surface area contributed by atoms with Crippen molar-refractivity contribution in [1.82, 2.24) is 10.3 Å². The van der Waals surface area contributed by atoms with Gasteiger partial charge in [0.25, 0.3) is 0 Å². The number of nitrogens with one attached hydrogen (secondary N) is 3. The Kier molecular flexibility index (Phi) is 6.83. The molecule has 1 aromatic carbocycles. The van der Waals surface area contributed by atoms with Gasteiger partial charge in [0.05, 0.1) is 11.9 Å². The van der Waals surface area contributed by atoms with E-state index >= 15 is 0 Å². The molecule has 6 nitrogen and oxygen atoms in total. The summed E-state index contributed by atoms with van der Waals surface area (Å²) in [5, 5.41) is 8.87. The fraction of sp³-hybridized carbons (Fsp3) is 0.400. The molecule has 0 saturated heterocycles. The number of pyridine rings is 1. The van der Waals surface area contributed by atoms with Gasteiger partial charge < -0.3 is 20.9 Å². The van der Waals surface area contributed by atoms with Crippen LogP contribution in [0.5, 0.6) is 0 Å². The van der Waals surface area contributed by atoms with Crippen molar-refractivity contribution in [2.75, 3.05) is 28.6 Å². The zero-order chi connectivity index (χ0) is 19.1. The van der Waals surface area contributed by atoms with Crippen LogP contribution in [0.4, 0.5) is 27.7 Å². The van der Waals surface area contributed by atoms with Gasteiger partial charge in [0.15, 0.2) is 0 Å². The molecule has 0 radical (unpaired) electrons. The summed E-state index contributed by atoms with van der Waals surface area (Å²) in [7, 11) is 0. The Morgan fingerprint density at radius 3 is 2.42 bits per heavy atom. The Bertz CT molecular complexity index is 723. The number of carbonyl (C=O) groups is 1. The lowest BCUT2D eigenvalue weighted by atomic mass is 10.1. The van der Waals surface area contributed by atoms with Crippen molar-refractivity contribution in [3.05, 3.63) is 42.1 Å². The molecule has 0 aliphatic rings. The summed E-state index contributed by atoms with van der Waals surface area (Å²) >= 11 is 0. The fourth-order valence-corrected chi connectivity index (χ4v) is 2.68. The van der Waals surface area contributed by atoms with Gasteiger partial charge in [0.1, 0.15) is 5.82 Å². The number of rotatable bonds is 7. The number of benzene rings is 1. The van der Waals surface area contributed by atoms with Gasteiger partial charge in [-0.1, -0.05) is 0 Å². The number of hydrogen-bond acceptors (Lipinski definition) is 4. The van der Waals surface area contributed by atoms with Crippen LogP contribution in [-0.2, 0) is 0 Å². The van der Waals surface area contributed by atoms with Gasteiger partial charge >= 0.3 is 6.03 Å². The molecule has 0 atom stereocenters. The van der Waals surface area contributed by atoms with Gasteiger partial charge in [-0.3, -0.25) is 0 Å². The minimum Gasteiger partial charge on any atom is -0.372 e. The Morgan fingerprint density at radius 1 is 1.15 bits per heavy atom. The van der Waals surface area contributed by atoms with Gasteiger partial charge in [-0.15, -0.1) is 0 Å². The van der Waals surface area contributed by atoms with E-state index in [-0.39, 0.29) is 12.1 Å². The van der Waals surface area contributed by atoms with Gasteiger partial charge in [-0.25, -0.2) is 9.78 Å². The molecule has 0 fully saturated rings. The molecule has 0 spiro atoms.